The summed E-state index contributed by atoms with van der Waals surface area (Å²) < 4.78 is 27.0. The van der Waals surface area contributed by atoms with E-state index in [4.69, 9.17) is 11.6 Å². The second-order valence-electron chi connectivity index (χ2n) is 6.21. The molecule has 2 aromatic rings. The van der Waals surface area contributed by atoms with E-state index in [9.17, 15) is 13.2 Å². The molecule has 2 rings (SSSR count). The zero-order valence-corrected chi connectivity index (χ0v) is 16.9. The van der Waals surface area contributed by atoms with Gasteiger partial charge in [-0.1, -0.05) is 24.6 Å². The van der Waals surface area contributed by atoms with Gasteiger partial charge in [-0.25, -0.2) is 8.42 Å². The maximum absolute atomic E-state index is 12.9. The van der Waals surface area contributed by atoms with Gasteiger partial charge in [-0.2, -0.15) is 0 Å². The molecule has 0 aliphatic rings. The van der Waals surface area contributed by atoms with Crippen LogP contribution in [-0.4, -0.2) is 27.4 Å². The Labute approximate surface area is 160 Å². The van der Waals surface area contributed by atoms with Gasteiger partial charge in [-0.15, -0.1) is 0 Å². The summed E-state index contributed by atoms with van der Waals surface area (Å²) in [6.45, 7) is 5.71. The Balaban J connectivity index is 2.39. The quantitative estimate of drug-likeness (QED) is 0.805. The largest absolute Gasteiger partial charge is 0.350 e. The minimum atomic E-state index is -3.76. The highest BCUT2D eigenvalue weighted by atomic mass is 35.5. The summed E-state index contributed by atoms with van der Waals surface area (Å²) in [7, 11) is -2.28. The number of halogens is 1. The summed E-state index contributed by atoms with van der Waals surface area (Å²) in [5, 5.41) is 3.35. The summed E-state index contributed by atoms with van der Waals surface area (Å²) in [4.78, 5) is 12.5. The van der Waals surface area contributed by atoms with Crippen LogP contribution in [0.4, 0.5) is 5.69 Å². The molecule has 5 nitrogen and oxygen atoms in total. The average molecular weight is 395 g/mol. The van der Waals surface area contributed by atoms with Crippen molar-refractivity contribution in [3.05, 3.63) is 58.6 Å². The third-order valence-corrected chi connectivity index (χ3v) is 6.31. The van der Waals surface area contributed by atoms with Crippen molar-refractivity contribution in [3.63, 3.8) is 0 Å². The maximum Gasteiger partial charge on any atom is 0.264 e. The standard InChI is InChI=1S/C19H23ClN2O3S/c1-5-14(3)21-19(23)15-7-6-13(2)18(12-15)22(4)26(24,25)17-10-8-16(20)9-11-17/h6-12,14H,5H2,1-4H3,(H,21,23)/t14-/m0/s1. The zero-order valence-electron chi connectivity index (χ0n) is 15.3. The Kier molecular flexibility index (Phi) is 6.31. The van der Waals surface area contributed by atoms with Crippen LogP contribution >= 0.6 is 11.6 Å². The van der Waals surface area contributed by atoms with Crippen molar-refractivity contribution in [2.45, 2.75) is 38.1 Å². The number of nitrogens with zero attached hydrogens (tertiary/aromatic N) is 1. The topological polar surface area (TPSA) is 66.5 Å². The zero-order chi connectivity index (χ0) is 19.5. The maximum atomic E-state index is 12.9. The number of hydrogen-bond donors (Lipinski definition) is 1. The van der Waals surface area contributed by atoms with Crippen LogP contribution in [0, 0.1) is 6.92 Å². The fraction of sp³-hybridized carbons (Fsp3) is 0.316. The number of carbonyl (C=O) groups is 1. The lowest BCUT2D eigenvalue weighted by Gasteiger charge is -2.22. The predicted octanol–water partition coefficient (Wildman–Crippen LogP) is 4.00. The molecule has 1 atom stereocenters. The van der Waals surface area contributed by atoms with E-state index < -0.39 is 10.0 Å². The molecule has 0 fully saturated rings. The monoisotopic (exact) mass is 394 g/mol. The van der Waals surface area contributed by atoms with Crippen LogP contribution in [0.5, 0.6) is 0 Å². The van der Waals surface area contributed by atoms with Crippen LogP contribution in [0.2, 0.25) is 5.02 Å². The number of amides is 1. The van der Waals surface area contributed by atoms with Gasteiger partial charge in [0, 0.05) is 23.7 Å². The molecule has 0 saturated carbocycles. The normalized spacial score (nSPS) is 12.5. The molecule has 0 aliphatic carbocycles. The van der Waals surface area contributed by atoms with E-state index in [-0.39, 0.29) is 16.8 Å². The number of anilines is 1. The SMILES string of the molecule is CC[C@H](C)NC(=O)c1ccc(C)c(N(C)S(=O)(=O)c2ccc(Cl)cc2)c1. The second-order valence-corrected chi connectivity index (χ2v) is 8.62. The molecule has 0 heterocycles. The first kappa shape index (κ1) is 20.3. The summed E-state index contributed by atoms with van der Waals surface area (Å²) in [5.41, 5.74) is 1.63. The predicted molar refractivity (Wildman–Crippen MR) is 105 cm³/mol. The molecule has 0 bridgehead atoms. The van der Waals surface area contributed by atoms with Crippen LogP contribution in [-0.2, 0) is 10.0 Å². The van der Waals surface area contributed by atoms with Gasteiger partial charge in [-0.3, -0.25) is 9.10 Å². The number of rotatable bonds is 6. The first-order valence-electron chi connectivity index (χ1n) is 8.32. The van der Waals surface area contributed by atoms with E-state index in [1.54, 1.807) is 25.1 Å². The fourth-order valence-electron chi connectivity index (χ4n) is 2.39. The molecule has 0 aromatic heterocycles. The number of hydrogen-bond acceptors (Lipinski definition) is 3. The van der Waals surface area contributed by atoms with E-state index in [2.05, 4.69) is 5.32 Å². The van der Waals surface area contributed by atoms with Crippen LogP contribution in [0.3, 0.4) is 0 Å². The molecule has 1 N–H and O–H groups in total. The Morgan fingerprint density at radius 1 is 1.19 bits per heavy atom. The van der Waals surface area contributed by atoms with Gasteiger partial charge < -0.3 is 5.32 Å². The van der Waals surface area contributed by atoms with Crippen molar-refractivity contribution < 1.29 is 13.2 Å². The van der Waals surface area contributed by atoms with Gasteiger partial charge in [0.2, 0.25) is 0 Å². The van der Waals surface area contributed by atoms with E-state index in [1.165, 1.54) is 35.6 Å². The molecule has 1 amide bonds. The minimum Gasteiger partial charge on any atom is -0.350 e. The lowest BCUT2D eigenvalue weighted by Crippen LogP contribution is -2.32. The van der Waals surface area contributed by atoms with Crippen molar-refractivity contribution in [1.82, 2.24) is 5.32 Å². The molecule has 0 aliphatic heterocycles. The number of aryl methyl sites for hydroxylation is 1. The molecule has 2 aromatic carbocycles. The minimum absolute atomic E-state index is 0.0442. The van der Waals surface area contributed by atoms with Crippen molar-refractivity contribution in [3.8, 4) is 0 Å². The first-order chi connectivity index (χ1) is 12.2. The third kappa shape index (κ3) is 4.37. The number of nitrogens with one attached hydrogen (secondary N) is 1. The summed E-state index contributed by atoms with van der Waals surface area (Å²) in [6, 6.07) is 11.1. The summed E-state index contributed by atoms with van der Waals surface area (Å²) in [5.74, 6) is -0.224. The molecule has 7 heteroatoms. The molecule has 26 heavy (non-hydrogen) atoms. The van der Waals surface area contributed by atoms with Gasteiger partial charge in [0.25, 0.3) is 15.9 Å². The highest BCUT2D eigenvalue weighted by molar-refractivity contribution is 7.92. The average Bonchev–Trinajstić information content (AvgIpc) is 2.61. The summed E-state index contributed by atoms with van der Waals surface area (Å²) >= 11 is 5.84. The Bertz CT molecular complexity index is 896. The number of sulfonamides is 1. The van der Waals surface area contributed by atoms with Gasteiger partial charge in [0.05, 0.1) is 10.6 Å². The van der Waals surface area contributed by atoms with Crippen molar-refractivity contribution >= 4 is 33.2 Å². The summed E-state index contributed by atoms with van der Waals surface area (Å²) in [6.07, 6.45) is 0.815. The van der Waals surface area contributed by atoms with Gasteiger partial charge in [0.1, 0.15) is 0 Å². The van der Waals surface area contributed by atoms with Crippen LogP contribution in [0.1, 0.15) is 36.2 Å². The Hall–Kier alpha value is -2.05. The molecule has 0 saturated heterocycles. The number of carbonyl (C=O) groups excluding carboxylic acids is 1. The second kappa shape index (κ2) is 8.10. The molecular formula is C19H23ClN2O3S. The van der Waals surface area contributed by atoms with E-state index in [1.807, 2.05) is 13.8 Å². The van der Waals surface area contributed by atoms with Crippen LogP contribution < -0.4 is 9.62 Å². The lowest BCUT2D eigenvalue weighted by molar-refractivity contribution is 0.0939. The van der Waals surface area contributed by atoms with Gasteiger partial charge in [-0.05, 0) is 62.2 Å². The molecular weight excluding hydrogens is 372 g/mol. The smallest absolute Gasteiger partial charge is 0.264 e. The fourth-order valence-corrected chi connectivity index (χ4v) is 3.77. The molecule has 0 radical (unpaired) electrons. The molecule has 0 spiro atoms. The van der Waals surface area contributed by atoms with E-state index in [0.717, 1.165) is 12.0 Å². The number of benzene rings is 2. The first-order valence-corrected chi connectivity index (χ1v) is 10.1. The van der Waals surface area contributed by atoms with Crippen molar-refractivity contribution in [1.29, 1.82) is 0 Å². The van der Waals surface area contributed by atoms with E-state index in [0.29, 0.717) is 16.3 Å². The molecule has 140 valence electrons. The van der Waals surface area contributed by atoms with Crippen molar-refractivity contribution in [2.75, 3.05) is 11.4 Å². The molecule has 0 unspecified atom stereocenters. The third-order valence-electron chi connectivity index (χ3n) is 4.27. The van der Waals surface area contributed by atoms with Gasteiger partial charge >= 0.3 is 0 Å². The Morgan fingerprint density at radius 2 is 1.81 bits per heavy atom. The van der Waals surface area contributed by atoms with Crippen molar-refractivity contribution in [2.24, 2.45) is 0 Å². The van der Waals surface area contributed by atoms with Crippen LogP contribution in [0.15, 0.2) is 47.4 Å². The Morgan fingerprint density at radius 3 is 2.38 bits per heavy atom. The highest BCUT2D eigenvalue weighted by Crippen LogP contribution is 2.27. The van der Waals surface area contributed by atoms with Gasteiger partial charge in [0.15, 0.2) is 0 Å². The van der Waals surface area contributed by atoms with E-state index >= 15 is 0 Å². The highest BCUT2D eigenvalue weighted by Gasteiger charge is 2.23. The lowest BCUT2D eigenvalue weighted by atomic mass is 10.1. The van der Waals surface area contributed by atoms with Crippen LogP contribution in [0.25, 0.3) is 0 Å².